The minimum Gasteiger partial charge on any atom is -0.370 e. The number of nitrogens with one attached hydrogen (secondary N) is 1. The Bertz CT molecular complexity index is 332. The van der Waals surface area contributed by atoms with Crippen LogP contribution >= 0.6 is 15.9 Å². The lowest BCUT2D eigenvalue weighted by Crippen LogP contribution is -2.20. The molecule has 2 nitrogen and oxygen atoms in total. The monoisotopic (exact) mass is 282 g/mol. The third kappa shape index (κ3) is 3.48. The molecular formula is C13H19BrN2. The Morgan fingerprint density at radius 3 is 2.75 bits per heavy atom. The first-order chi connectivity index (χ1) is 7.74. The topological polar surface area (TPSA) is 24.9 Å². The number of hydrogen-bond acceptors (Lipinski definition) is 2. The van der Waals surface area contributed by atoms with E-state index in [0.29, 0.717) is 0 Å². The van der Waals surface area contributed by atoms with Gasteiger partial charge in [-0.2, -0.15) is 0 Å². The molecule has 0 saturated heterocycles. The number of pyridine rings is 1. The van der Waals surface area contributed by atoms with E-state index in [1.54, 1.807) is 0 Å². The van der Waals surface area contributed by atoms with Crippen LogP contribution in [0.1, 0.15) is 32.6 Å². The molecule has 3 heteroatoms. The third-order valence-corrected chi connectivity index (χ3v) is 3.86. The highest BCUT2D eigenvalue weighted by atomic mass is 79.9. The summed E-state index contributed by atoms with van der Waals surface area (Å²) in [6, 6.07) is 5.99. The van der Waals surface area contributed by atoms with Gasteiger partial charge in [0.25, 0.3) is 0 Å². The van der Waals surface area contributed by atoms with E-state index in [1.807, 2.05) is 18.2 Å². The van der Waals surface area contributed by atoms with Crippen LogP contribution in [0.5, 0.6) is 0 Å². The van der Waals surface area contributed by atoms with Crippen LogP contribution < -0.4 is 5.32 Å². The van der Waals surface area contributed by atoms with E-state index in [9.17, 15) is 0 Å². The van der Waals surface area contributed by atoms with E-state index in [1.165, 1.54) is 25.7 Å². The molecule has 1 saturated carbocycles. The average molecular weight is 283 g/mol. The second-order valence-corrected chi connectivity index (χ2v) is 5.66. The molecule has 0 amide bonds. The first-order valence-electron chi connectivity index (χ1n) is 6.10. The number of hydrogen-bond donors (Lipinski definition) is 1. The molecule has 0 spiro atoms. The molecule has 16 heavy (non-hydrogen) atoms. The molecular weight excluding hydrogens is 264 g/mol. The summed E-state index contributed by atoms with van der Waals surface area (Å²) in [5.74, 6) is 2.74. The van der Waals surface area contributed by atoms with Crippen LogP contribution in [-0.4, -0.2) is 11.5 Å². The lowest BCUT2D eigenvalue weighted by atomic mass is 9.83. The van der Waals surface area contributed by atoms with E-state index in [0.717, 1.165) is 28.8 Å². The van der Waals surface area contributed by atoms with Gasteiger partial charge in [-0.25, -0.2) is 4.98 Å². The molecule has 2 rings (SSSR count). The van der Waals surface area contributed by atoms with Gasteiger partial charge in [-0.1, -0.05) is 25.8 Å². The summed E-state index contributed by atoms with van der Waals surface area (Å²) in [6.07, 6.45) is 5.50. The van der Waals surface area contributed by atoms with E-state index in [-0.39, 0.29) is 0 Å². The number of nitrogens with zero attached hydrogens (tertiary/aromatic N) is 1. The quantitative estimate of drug-likeness (QED) is 0.845. The molecule has 1 aliphatic carbocycles. The van der Waals surface area contributed by atoms with Gasteiger partial charge in [-0.05, 0) is 52.7 Å². The number of aromatic nitrogens is 1. The van der Waals surface area contributed by atoms with E-state index in [4.69, 9.17) is 0 Å². The molecule has 1 aromatic heterocycles. The van der Waals surface area contributed by atoms with Gasteiger partial charge in [0.1, 0.15) is 10.4 Å². The van der Waals surface area contributed by atoms with Crippen molar-refractivity contribution in [1.82, 2.24) is 4.98 Å². The van der Waals surface area contributed by atoms with Crippen LogP contribution in [0.3, 0.4) is 0 Å². The maximum Gasteiger partial charge on any atom is 0.127 e. The normalized spacial score (nSPS) is 25.4. The van der Waals surface area contributed by atoms with Gasteiger partial charge < -0.3 is 5.32 Å². The Balaban J connectivity index is 1.79. The van der Waals surface area contributed by atoms with Gasteiger partial charge in [0, 0.05) is 6.54 Å². The highest BCUT2D eigenvalue weighted by Crippen LogP contribution is 2.28. The molecule has 0 aliphatic heterocycles. The van der Waals surface area contributed by atoms with Gasteiger partial charge in [-0.15, -0.1) is 0 Å². The van der Waals surface area contributed by atoms with E-state index in [2.05, 4.69) is 33.2 Å². The molecule has 88 valence electrons. The van der Waals surface area contributed by atoms with Crippen LogP contribution in [0, 0.1) is 11.8 Å². The molecule has 0 radical (unpaired) electrons. The molecule has 1 aliphatic rings. The van der Waals surface area contributed by atoms with Crippen molar-refractivity contribution in [3.8, 4) is 0 Å². The highest BCUT2D eigenvalue weighted by Gasteiger charge is 2.17. The summed E-state index contributed by atoms with van der Waals surface area (Å²) in [5.41, 5.74) is 0. The first-order valence-corrected chi connectivity index (χ1v) is 6.90. The van der Waals surface area contributed by atoms with Gasteiger partial charge in [0.05, 0.1) is 0 Å². The molecule has 1 N–H and O–H groups in total. The predicted molar refractivity (Wildman–Crippen MR) is 71.5 cm³/mol. The van der Waals surface area contributed by atoms with Gasteiger partial charge in [0.2, 0.25) is 0 Å². The maximum absolute atomic E-state index is 4.38. The van der Waals surface area contributed by atoms with Crippen molar-refractivity contribution in [2.45, 2.75) is 32.6 Å². The van der Waals surface area contributed by atoms with Crippen LogP contribution in [0.2, 0.25) is 0 Å². The SMILES string of the molecule is CC1CCC(CNc2cccc(Br)n2)CC1. The van der Waals surface area contributed by atoms with E-state index < -0.39 is 0 Å². The van der Waals surface area contributed by atoms with Crippen molar-refractivity contribution in [2.24, 2.45) is 11.8 Å². The summed E-state index contributed by atoms with van der Waals surface area (Å²) in [4.78, 5) is 4.38. The van der Waals surface area contributed by atoms with Gasteiger partial charge >= 0.3 is 0 Å². The fourth-order valence-electron chi connectivity index (χ4n) is 2.29. The lowest BCUT2D eigenvalue weighted by molar-refractivity contribution is 0.300. The summed E-state index contributed by atoms with van der Waals surface area (Å²) in [7, 11) is 0. The Morgan fingerprint density at radius 2 is 2.06 bits per heavy atom. The molecule has 1 fully saturated rings. The summed E-state index contributed by atoms with van der Waals surface area (Å²) in [6.45, 7) is 3.43. The van der Waals surface area contributed by atoms with Gasteiger partial charge in [-0.3, -0.25) is 0 Å². The minimum atomic E-state index is 0.831. The number of rotatable bonds is 3. The van der Waals surface area contributed by atoms with Crippen molar-refractivity contribution in [2.75, 3.05) is 11.9 Å². The van der Waals surface area contributed by atoms with E-state index >= 15 is 0 Å². The molecule has 0 unspecified atom stereocenters. The maximum atomic E-state index is 4.38. The first kappa shape index (κ1) is 11.9. The molecule has 0 aromatic carbocycles. The van der Waals surface area contributed by atoms with Crippen molar-refractivity contribution in [3.63, 3.8) is 0 Å². The minimum absolute atomic E-state index is 0.831. The van der Waals surface area contributed by atoms with Crippen LogP contribution in [0.25, 0.3) is 0 Å². The average Bonchev–Trinajstić information content (AvgIpc) is 2.28. The number of anilines is 1. The molecule has 1 heterocycles. The largest absolute Gasteiger partial charge is 0.370 e. The second-order valence-electron chi connectivity index (χ2n) is 4.85. The molecule has 0 bridgehead atoms. The summed E-state index contributed by atoms with van der Waals surface area (Å²) >= 11 is 3.38. The Labute approximate surface area is 106 Å². The third-order valence-electron chi connectivity index (χ3n) is 3.42. The predicted octanol–water partition coefficient (Wildman–Crippen LogP) is 4.08. The zero-order chi connectivity index (χ0) is 11.4. The van der Waals surface area contributed by atoms with Crippen LogP contribution in [0.4, 0.5) is 5.82 Å². The van der Waals surface area contributed by atoms with Crippen molar-refractivity contribution < 1.29 is 0 Å². The fraction of sp³-hybridized carbons (Fsp3) is 0.615. The van der Waals surface area contributed by atoms with Crippen molar-refractivity contribution in [3.05, 3.63) is 22.8 Å². The smallest absolute Gasteiger partial charge is 0.127 e. The van der Waals surface area contributed by atoms with Crippen LogP contribution in [-0.2, 0) is 0 Å². The summed E-state index contributed by atoms with van der Waals surface area (Å²) in [5, 5.41) is 3.43. The zero-order valence-electron chi connectivity index (χ0n) is 9.75. The fourth-order valence-corrected chi connectivity index (χ4v) is 2.63. The number of halogens is 1. The Morgan fingerprint density at radius 1 is 1.31 bits per heavy atom. The lowest BCUT2D eigenvalue weighted by Gasteiger charge is -2.26. The molecule has 0 atom stereocenters. The Kier molecular flexibility index (Phi) is 4.22. The standard InChI is InChI=1S/C13H19BrN2/c1-10-5-7-11(8-6-10)9-15-13-4-2-3-12(14)16-13/h2-4,10-11H,5-9H2,1H3,(H,15,16). The molecule has 1 aromatic rings. The van der Waals surface area contributed by atoms with Crippen LogP contribution in [0.15, 0.2) is 22.8 Å². The highest BCUT2D eigenvalue weighted by molar-refractivity contribution is 9.10. The van der Waals surface area contributed by atoms with Gasteiger partial charge in [0.15, 0.2) is 0 Å². The Hall–Kier alpha value is -0.570. The van der Waals surface area contributed by atoms with Crippen molar-refractivity contribution in [1.29, 1.82) is 0 Å². The zero-order valence-corrected chi connectivity index (χ0v) is 11.3. The van der Waals surface area contributed by atoms with Crippen molar-refractivity contribution >= 4 is 21.7 Å². The second kappa shape index (κ2) is 5.67. The summed E-state index contributed by atoms with van der Waals surface area (Å²) < 4.78 is 0.898.